The van der Waals surface area contributed by atoms with Crippen molar-refractivity contribution in [2.45, 2.75) is 12.6 Å². The van der Waals surface area contributed by atoms with E-state index in [1.807, 2.05) is 0 Å². The Bertz CT molecular complexity index is 857. The van der Waals surface area contributed by atoms with E-state index in [0.717, 1.165) is 0 Å². The molecule has 0 spiro atoms. The maximum absolute atomic E-state index is 12.5. The summed E-state index contributed by atoms with van der Waals surface area (Å²) < 4.78 is 5.14. The smallest absolute Gasteiger partial charge is 0.247 e. The standard InChI is InChI=1S/C20H23N3O6/c1-29-16-9-15(25)8-7-14(16)10-21-17(26)11-22-20(28)19(23-18(27)12-24)13-5-3-2-4-6-13/h2-9,19,24-25H,10-12H2,1H3,(H,21,26)(H,22,28)(H,23,27)/t19-/m1/s1. The second-order valence-electron chi connectivity index (χ2n) is 6.06. The number of amides is 3. The van der Waals surface area contributed by atoms with Crippen LogP contribution in [-0.4, -0.2) is 48.2 Å². The Morgan fingerprint density at radius 2 is 1.76 bits per heavy atom. The van der Waals surface area contributed by atoms with Crippen molar-refractivity contribution in [3.63, 3.8) is 0 Å². The van der Waals surface area contributed by atoms with Crippen LogP contribution in [0.5, 0.6) is 11.5 Å². The molecule has 9 nitrogen and oxygen atoms in total. The zero-order chi connectivity index (χ0) is 21.2. The lowest BCUT2D eigenvalue weighted by Crippen LogP contribution is -2.44. The molecule has 0 aliphatic rings. The van der Waals surface area contributed by atoms with Crippen LogP contribution in [-0.2, 0) is 20.9 Å². The molecule has 0 fully saturated rings. The van der Waals surface area contributed by atoms with E-state index in [0.29, 0.717) is 16.9 Å². The molecule has 2 aromatic rings. The first-order valence-electron chi connectivity index (χ1n) is 8.80. The molecular formula is C20H23N3O6. The SMILES string of the molecule is COc1cc(O)ccc1CNC(=O)CNC(=O)[C@H](NC(=O)CO)c1ccccc1. The largest absolute Gasteiger partial charge is 0.508 e. The van der Waals surface area contributed by atoms with Crippen LogP contribution in [0.15, 0.2) is 48.5 Å². The third kappa shape index (κ3) is 6.51. The fourth-order valence-electron chi connectivity index (χ4n) is 2.56. The van der Waals surface area contributed by atoms with Crippen LogP contribution in [0.1, 0.15) is 17.2 Å². The summed E-state index contributed by atoms with van der Waals surface area (Å²) in [6.07, 6.45) is 0. The van der Waals surface area contributed by atoms with Gasteiger partial charge in [0.1, 0.15) is 24.1 Å². The van der Waals surface area contributed by atoms with Crippen molar-refractivity contribution < 1.29 is 29.3 Å². The van der Waals surface area contributed by atoms with E-state index in [1.165, 1.54) is 19.2 Å². The number of carbonyl (C=O) groups excluding carboxylic acids is 3. The van der Waals surface area contributed by atoms with Gasteiger partial charge in [-0.3, -0.25) is 14.4 Å². The molecule has 29 heavy (non-hydrogen) atoms. The van der Waals surface area contributed by atoms with Crippen LogP contribution < -0.4 is 20.7 Å². The van der Waals surface area contributed by atoms with Gasteiger partial charge in [-0.05, 0) is 17.7 Å². The molecule has 0 aromatic heterocycles. The van der Waals surface area contributed by atoms with Gasteiger partial charge in [0.15, 0.2) is 0 Å². The maximum Gasteiger partial charge on any atom is 0.247 e. The third-order valence-corrected chi connectivity index (χ3v) is 4.01. The molecule has 1 atom stereocenters. The summed E-state index contributed by atoms with van der Waals surface area (Å²) in [4.78, 5) is 36.1. The van der Waals surface area contributed by atoms with Crippen molar-refractivity contribution in [3.8, 4) is 11.5 Å². The van der Waals surface area contributed by atoms with Crippen molar-refractivity contribution in [2.75, 3.05) is 20.3 Å². The van der Waals surface area contributed by atoms with Gasteiger partial charge in [0, 0.05) is 18.2 Å². The molecule has 0 aliphatic heterocycles. The van der Waals surface area contributed by atoms with Crippen molar-refractivity contribution in [3.05, 3.63) is 59.7 Å². The van der Waals surface area contributed by atoms with E-state index < -0.39 is 30.4 Å². The minimum Gasteiger partial charge on any atom is -0.508 e. The van der Waals surface area contributed by atoms with Gasteiger partial charge in [-0.15, -0.1) is 0 Å². The molecule has 0 saturated heterocycles. The molecule has 2 rings (SSSR count). The molecular weight excluding hydrogens is 378 g/mol. The number of phenols is 1. The number of methoxy groups -OCH3 is 1. The minimum atomic E-state index is -1.04. The first kappa shape index (κ1) is 21.7. The van der Waals surface area contributed by atoms with Crippen molar-refractivity contribution in [1.29, 1.82) is 0 Å². The quantitative estimate of drug-likeness (QED) is 0.401. The van der Waals surface area contributed by atoms with Crippen molar-refractivity contribution >= 4 is 17.7 Å². The lowest BCUT2D eigenvalue weighted by molar-refractivity contribution is -0.131. The van der Waals surface area contributed by atoms with E-state index in [2.05, 4.69) is 16.0 Å². The van der Waals surface area contributed by atoms with Crippen molar-refractivity contribution in [1.82, 2.24) is 16.0 Å². The average molecular weight is 401 g/mol. The highest BCUT2D eigenvalue weighted by atomic mass is 16.5. The molecule has 0 unspecified atom stereocenters. The summed E-state index contributed by atoms with van der Waals surface area (Å²) >= 11 is 0. The lowest BCUT2D eigenvalue weighted by atomic mass is 10.1. The normalized spacial score (nSPS) is 11.2. The second kappa shape index (κ2) is 10.7. The second-order valence-corrected chi connectivity index (χ2v) is 6.06. The number of nitrogens with one attached hydrogen (secondary N) is 3. The summed E-state index contributed by atoms with van der Waals surface area (Å²) in [5, 5.41) is 25.9. The highest BCUT2D eigenvalue weighted by Crippen LogP contribution is 2.23. The highest BCUT2D eigenvalue weighted by Gasteiger charge is 2.22. The maximum atomic E-state index is 12.5. The Balaban J connectivity index is 1.93. The molecule has 0 radical (unpaired) electrons. The van der Waals surface area contributed by atoms with E-state index in [4.69, 9.17) is 9.84 Å². The zero-order valence-electron chi connectivity index (χ0n) is 15.8. The summed E-state index contributed by atoms with van der Waals surface area (Å²) in [5.41, 5.74) is 1.17. The number of hydrogen-bond donors (Lipinski definition) is 5. The Labute approximate surface area is 167 Å². The van der Waals surface area contributed by atoms with Gasteiger partial charge in [0.2, 0.25) is 17.7 Å². The highest BCUT2D eigenvalue weighted by molar-refractivity contribution is 5.91. The fourth-order valence-corrected chi connectivity index (χ4v) is 2.56. The number of benzene rings is 2. The summed E-state index contributed by atoms with van der Waals surface area (Å²) in [6.45, 7) is -0.926. The summed E-state index contributed by atoms with van der Waals surface area (Å²) in [6, 6.07) is 12.0. The summed E-state index contributed by atoms with van der Waals surface area (Å²) in [5.74, 6) is -1.28. The van der Waals surface area contributed by atoms with Gasteiger partial charge < -0.3 is 30.9 Å². The first-order chi connectivity index (χ1) is 13.9. The zero-order valence-corrected chi connectivity index (χ0v) is 15.8. The Morgan fingerprint density at radius 3 is 2.41 bits per heavy atom. The first-order valence-corrected chi connectivity index (χ1v) is 8.80. The van der Waals surface area contributed by atoms with Crippen LogP contribution in [0.25, 0.3) is 0 Å². The minimum absolute atomic E-state index is 0.0427. The molecule has 3 amide bonds. The van der Waals surface area contributed by atoms with Crippen molar-refractivity contribution in [2.24, 2.45) is 0 Å². The number of ether oxygens (including phenoxy) is 1. The monoisotopic (exact) mass is 401 g/mol. The van der Waals surface area contributed by atoms with Gasteiger partial charge in [0.05, 0.1) is 13.7 Å². The molecule has 0 saturated carbocycles. The number of carbonyl (C=O) groups is 3. The van der Waals surface area contributed by atoms with Crippen LogP contribution in [0.2, 0.25) is 0 Å². The number of rotatable bonds is 9. The molecule has 0 heterocycles. The van der Waals surface area contributed by atoms with Gasteiger partial charge in [0.25, 0.3) is 0 Å². The molecule has 0 aliphatic carbocycles. The van der Waals surface area contributed by atoms with E-state index in [-0.39, 0.29) is 18.8 Å². The fraction of sp³-hybridized carbons (Fsp3) is 0.250. The van der Waals surface area contributed by atoms with Gasteiger partial charge in [-0.25, -0.2) is 0 Å². The molecule has 9 heteroatoms. The number of aromatic hydroxyl groups is 1. The lowest BCUT2D eigenvalue weighted by Gasteiger charge is -2.18. The predicted octanol–water partition coefficient (Wildman–Crippen LogP) is -0.0170. The van der Waals surface area contributed by atoms with Crippen LogP contribution in [0, 0.1) is 0 Å². The molecule has 2 aromatic carbocycles. The molecule has 0 bridgehead atoms. The van der Waals surface area contributed by atoms with E-state index in [9.17, 15) is 19.5 Å². The van der Waals surface area contributed by atoms with Gasteiger partial charge in [-0.2, -0.15) is 0 Å². The molecule has 154 valence electrons. The topological polar surface area (TPSA) is 137 Å². The Kier molecular flexibility index (Phi) is 7.99. The number of aliphatic hydroxyl groups is 1. The van der Waals surface area contributed by atoms with Crippen LogP contribution >= 0.6 is 0 Å². The van der Waals surface area contributed by atoms with E-state index >= 15 is 0 Å². The van der Waals surface area contributed by atoms with Gasteiger partial charge >= 0.3 is 0 Å². The number of hydrogen-bond acceptors (Lipinski definition) is 6. The summed E-state index contributed by atoms with van der Waals surface area (Å²) in [7, 11) is 1.45. The molecule has 5 N–H and O–H groups in total. The third-order valence-electron chi connectivity index (χ3n) is 4.01. The van der Waals surface area contributed by atoms with Gasteiger partial charge in [-0.1, -0.05) is 30.3 Å². The number of phenolic OH excluding ortho intramolecular Hbond substituents is 1. The Morgan fingerprint density at radius 1 is 1.03 bits per heavy atom. The number of aliphatic hydroxyl groups excluding tert-OH is 1. The van der Waals surface area contributed by atoms with Crippen LogP contribution in [0.3, 0.4) is 0 Å². The average Bonchev–Trinajstić information content (AvgIpc) is 2.75. The van der Waals surface area contributed by atoms with Crippen LogP contribution in [0.4, 0.5) is 0 Å². The predicted molar refractivity (Wildman–Crippen MR) is 104 cm³/mol. The van der Waals surface area contributed by atoms with E-state index in [1.54, 1.807) is 36.4 Å². The Hall–Kier alpha value is -3.59.